The van der Waals surface area contributed by atoms with Gasteiger partial charge in [0.1, 0.15) is 5.65 Å². The molecule has 0 N–H and O–H groups in total. The zero-order chi connectivity index (χ0) is 16.3. The molecule has 0 unspecified atom stereocenters. The molecule has 0 spiro atoms. The lowest BCUT2D eigenvalue weighted by Gasteiger charge is -2.17. The SMILES string of the molecule is CN(C)C(=O)CN(C)C(=O)/C=C/c1c(Cl)nc2ccccn12. The third-order valence-electron chi connectivity index (χ3n) is 3.15. The van der Waals surface area contributed by atoms with Crippen molar-refractivity contribution < 1.29 is 9.59 Å². The summed E-state index contributed by atoms with van der Waals surface area (Å²) in [4.78, 5) is 30.6. The first-order valence-electron chi connectivity index (χ1n) is 6.66. The highest BCUT2D eigenvalue weighted by Crippen LogP contribution is 2.18. The van der Waals surface area contributed by atoms with Gasteiger partial charge in [-0.1, -0.05) is 17.7 Å². The van der Waals surface area contributed by atoms with Crippen LogP contribution in [0.5, 0.6) is 0 Å². The van der Waals surface area contributed by atoms with Crippen molar-refractivity contribution in [2.45, 2.75) is 0 Å². The number of carbonyl (C=O) groups is 2. The first-order chi connectivity index (χ1) is 10.4. The van der Waals surface area contributed by atoms with E-state index in [0.717, 1.165) is 0 Å². The molecule has 7 heteroatoms. The van der Waals surface area contributed by atoms with E-state index in [9.17, 15) is 9.59 Å². The van der Waals surface area contributed by atoms with Crippen LogP contribution in [0.25, 0.3) is 11.7 Å². The second kappa shape index (κ2) is 6.62. The second-order valence-corrected chi connectivity index (χ2v) is 5.39. The molecule has 2 aromatic rings. The molecule has 0 atom stereocenters. The van der Waals surface area contributed by atoms with Crippen LogP contribution >= 0.6 is 11.6 Å². The molecule has 0 radical (unpaired) electrons. The van der Waals surface area contributed by atoms with Crippen LogP contribution in [0.3, 0.4) is 0 Å². The standard InChI is InChI=1S/C15H17ClN4O2/c1-18(2)14(22)10-19(3)13(21)8-7-11-15(16)17-12-6-4-5-9-20(11)12/h4-9H,10H2,1-3H3/b8-7+. The Morgan fingerprint density at radius 1 is 1.32 bits per heavy atom. The summed E-state index contributed by atoms with van der Waals surface area (Å²) in [7, 11) is 4.87. The third kappa shape index (κ3) is 3.46. The normalized spacial score (nSPS) is 11.1. The topological polar surface area (TPSA) is 57.9 Å². The molecular weight excluding hydrogens is 304 g/mol. The number of aromatic nitrogens is 2. The Bertz CT molecular complexity index is 736. The van der Waals surface area contributed by atoms with E-state index in [1.807, 2.05) is 24.4 Å². The summed E-state index contributed by atoms with van der Waals surface area (Å²) in [6.45, 7) is 0.0249. The summed E-state index contributed by atoms with van der Waals surface area (Å²) in [5, 5.41) is 0.322. The Morgan fingerprint density at radius 3 is 2.73 bits per heavy atom. The van der Waals surface area contributed by atoms with Gasteiger partial charge in [0.25, 0.3) is 0 Å². The van der Waals surface area contributed by atoms with Crippen LogP contribution in [0.4, 0.5) is 0 Å². The molecule has 2 amide bonds. The van der Waals surface area contributed by atoms with Gasteiger partial charge in [-0.25, -0.2) is 4.98 Å². The van der Waals surface area contributed by atoms with Crippen molar-refractivity contribution in [1.82, 2.24) is 19.2 Å². The first-order valence-corrected chi connectivity index (χ1v) is 7.04. The minimum absolute atomic E-state index is 0.0249. The molecule has 116 valence electrons. The molecule has 2 heterocycles. The number of amides is 2. The fourth-order valence-electron chi connectivity index (χ4n) is 1.83. The maximum absolute atomic E-state index is 12.0. The zero-order valence-electron chi connectivity index (χ0n) is 12.7. The number of hydrogen-bond acceptors (Lipinski definition) is 3. The number of fused-ring (bicyclic) bond motifs is 1. The predicted octanol–water partition coefficient (Wildman–Crippen LogP) is 1.55. The van der Waals surface area contributed by atoms with Crippen molar-refractivity contribution in [2.75, 3.05) is 27.7 Å². The Hall–Kier alpha value is -2.34. The van der Waals surface area contributed by atoms with Crippen LogP contribution in [0, 0.1) is 0 Å². The van der Waals surface area contributed by atoms with Gasteiger partial charge in [-0.05, 0) is 18.2 Å². The van der Waals surface area contributed by atoms with Crippen LogP contribution in [0.2, 0.25) is 5.15 Å². The maximum atomic E-state index is 12.0. The number of rotatable bonds is 4. The van der Waals surface area contributed by atoms with Gasteiger partial charge in [0.2, 0.25) is 11.8 Å². The lowest BCUT2D eigenvalue weighted by Crippen LogP contribution is -2.37. The molecule has 0 saturated heterocycles. The fraction of sp³-hybridized carbons (Fsp3) is 0.267. The number of carbonyl (C=O) groups excluding carboxylic acids is 2. The van der Waals surface area contributed by atoms with E-state index in [1.165, 1.54) is 15.9 Å². The van der Waals surface area contributed by atoms with Crippen molar-refractivity contribution in [3.05, 3.63) is 41.3 Å². The molecule has 0 bridgehead atoms. The van der Waals surface area contributed by atoms with Gasteiger partial charge in [0, 0.05) is 33.4 Å². The fourth-order valence-corrected chi connectivity index (χ4v) is 2.08. The minimum atomic E-state index is -0.280. The monoisotopic (exact) mass is 320 g/mol. The van der Waals surface area contributed by atoms with Gasteiger partial charge in [-0.15, -0.1) is 0 Å². The molecular formula is C15H17ClN4O2. The van der Waals surface area contributed by atoms with Gasteiger partial charge in [-0.2, -0.15) is 0 Å². The molecule has 22 heavy (non-hydrogen) atoms. The molecule has 0 saturated carbocycles. The van der Waals surface area contributed by atoms with Crippen LogP contribution in [-0.4, -0.2) is 58.7 Å². The van der Waals surface area contributed by atoms with Crippen molar-refractivity contribution in [3.8, 4) is 0 Å². The van der Waals surface area contributed by atoms with Crippen molar-refractivity contribution in [2.24, 2.45) is 0 Å². The Morgan fingerprint density at radius 2 is 2.05 bits per heavy atom. The zero-order valence-corrected chi connectivity index (χ0v) is 13.4. The minimum Gasteiger partial charge on any atom is -0.347 e. The van der Waals surface area contributed by atoms with E-state index in [2.05, 4.69) is 4.98 Å². The largest absolute Gasteiger partial charge is 0.347 e. The summed E-state index contributed by atoms with van der Waals surface area (Å²) in [5.74, 6) is -0.422. The number of likely N-dealkylation sites (N-methyl/N-ethyl adjacent to an activating group) is 2. The van der Waals surface area contributed by atoms with Crippen LogP contribution in [0.15, 0.2) is 30.5 Å². The average Bonchev–Trinajstić information content (AvgIpc) is 2.79. The lowest BCUT2D eigenvalue weighted by molar-refractivity contribution is -0.135. The van der Waals surface area contributed by atoms with Gasteiger partial charge in [0.05, 0.1) is 12.2 Å². The van der Waals surface area contributed by atoms with E-state index < -0.39 is 0 Å². The number of imidazole rings is 1. The van der Waals surface area contributed by atoms with Crippen LogP contribution < -0.4 is 0 Å². The smallest absolute Gasteiger partial charge is 0.246 e. The van der Waals surface area contributed by atoms with Crippen LogP contribution in [-0.2, 0) is 9.59 Å². The van der Waals surface area contributed by atoms with Crippen LogP contribution in [0.1, 0.15) is 5.69 Å². The molecule has 2 aromatic heterocycles. The van der Waals surface area contributed by atoms with E-state index in [0.29, 0.717) is 16.5 Å². The third-order valence-corrected chi connectivity index (χ3v) is 3.43. The van der Waals surface area contributed by atoms with E-state index in [-0.39, 0.29) is 18.4 Å². The summed E-state index contributed by atoms with van der Waals surface area (Å²) in [6.07, 6.45) is 4.80. The van der Waals surface area contributed by atoms with Gasteiger partial charge in [-0.3, -0.25) is 14.0 Å². The maximum Gasteiger partial charge on any atom is 0.246 e. The molecule has 2 rings (SSSR count). The van der Waals surface area contributed by atoms with Crippen molar-refractivity contribution in [3.63, 3.8) is 0 Å². The van der Waals surface area contributed by atoms with E-state index in [4.69, 9.17) is 11.6 Å². The summed E-state index contributed by atoms with van der Waals surface area (Å²) in [6, 6.07) is 5.54. The molecule has 0 aromatic carbocycles. The Kier molecular flexibility index (Phi) is 4.82. The summed E-state index contributed by atoms with van der Waals surface area (Å²) < 4.78 is 1.79. The van der Waals surface area contributed by atoms with Gasteiger partial charge in [0.15, 0.2) is 5.15 Å². The summed E-state index contributed by atoms with van der Waals surface area (Å²) in [5.41, 5.74) is 1.33. The Balaban J connectivity index is 2.15. The highest BCUT2D eigenvalue weighted by atomic mass is 35.5. The van der Waals surface area contributed by atoms with Gasteiger partial charge < -0.3 is 9.80 Å². The molecule has 0 aliphatic carbocycles. The molecule has 6 nitrogen and oxygen atoms in total. The highest BCUT2D eigenvalue weighted by molar-refractivity contribution is 6.31. The van der Waals surface area contributed by atoms with Gasteiger partial charge >= 0.3 is 0 Å². The first kappa shape index (κ1) is 16.0. The lowest BCUT2D eigenvalue weighted by atomic mass is 10.3. The second-order valence-electron chi connectivity index (χ2n) is 5.03. The highest BCUT2D eigenvalue weighted by Gasteiger charge is 2.13. The number of hydrogen-bond donors (Lipinski definition) is 0. The number of pyridine rings is 1. The predicted molar refractivity (Wildman–Crippen MR) is 85.6 cm³/mol. The number of halogens is 1. The number of nitrogens with zero attached hydrogens (tertiary/aromatic N) is 4. The average molecular weight is 321 g/mol. The summed E-state index contributed by atoms with van der Waals surface area (Å²) >= 11 is 6.09. The molecule has 0 aliphatic heterocycles. The molecule has 0 aliphatic rings. The quantitative estimate of drug-likeness (QED) is 0.803. The Labute approximate surface area is 133 Å². The van der Waals surface area contributed by atoms with E-state index >= 15 is 0 Å². The van der Waals surface area contributed by atoms with Crippen molar-refractivity contribution >= 4 is 35.1 Å². The van der Waals surface area contributed by atoms with Crippen molar-refractivity contribution in [1.29, 1.82) is 0 Å². The molecule has 0 fully saturated rings. The van der Waals surface area contributed by atoms with E-state index in [1.54, 1.807) is 31.6 Å².